The third-order valence-electron chi connectivity index (χ3n) is 3.43. The second kappa shape index (κ2) is 4.35. The fourth-order valence-electron chi connectivity index (χ4n) is 2.59. The van der Waals surface area contributed by atoms with E-state index in [9.17, 15) is 0 Å². The van der Waals surface area contributed by atoms with Crippen molar-refractivity contribution in [1.29, 1.82) is 0 Å². The van der Waals surface area contributed by atoms with Crippen LogP contribution >= 0.6 is 33.9 Å². The number of fused-ring (bicyclic) bond motifs is 3. The van der Waals surface area contributed by atoms with Gasteiger partial charge < -0.3 is 4.40 Å². The number of pyridine rings is 1. The van der Waals surface area contributed by atoms with Crippen LogP contribution in [0.4, 0.5) is 0 Å². The highest BCUT2D eigenvalue weighted by molar-refractivity contribution is 14.1. The van der Waals surface area contributed by atoms with Gasteiger partial charge in [0.1, 0.15) is 0 Å². The van der Waals surface area contributed by atoms with Gasteiger partial charge in [-0.2, -0.15) is 11.3 Å². The largest absolute Gasteiger partial charge is 0.316 e. The molecule has 0 fully saturated rings. The average Bonchev–Trinajstić information content (AvgIpc) is 3.10. The van der Waals surface area contributed by atoms with E-state index in [0.29, 0.717) is 0 Å². The van der Waals surface area contributed by atoms with E-state index >= 15 is 0 Å². The molecule has 0 saturated heterocycles. The van der Waals surface area contributed by atoms with E-state index in [0.717, 1.165) is 0 Å². The molecule has 0 aliphatic heterocycles. The van der Waals surface area contributed by atoms with Gasteiger partial charge in [0.05, 0.1) is 11.0 Å². The van der Waals surface area contributed by atoms with Gasteiger partial charge in [-0.05, 0) is 63.2 Å². The van der Waals surface area contributed by atoms with Crippen molar-refractivity contribution in [2.75, 3.05) is 0 Å². The highest BCUT2D eigenvalue weighted by atomic mass is 127. The molecule has 0 N–H and O–H groups in total. The average molecular weight is 375 g/mol. The van der Waals surface area contributed by atoms with Gasteiger partial charge >= 0.3 is 0 Å². The number of para-hydroxylation sites is 1. The summed E-state index contributed by atoms with van der Waals surface area (Å²) >= 11 is 4.22. The predicted molar refractivity (Wildman–Crippen MR) is 90.9 cm³/mol. The van der Waals surface area contributed by atoms with Crippen molar-refractivity contribution in [3.05, 3.63) is 63.0 Å². The minimum Gasteiger partial charge on any atom is -0.316 e. The number of aromatic nitrogens is 1. The zero-order valence-electron chi connectivity index (χ0n) is 10.0. The molecule has 0 radical (unpaired) electrons. The van der Waals surface area contributed by atoms with Gasteiger partial charge in [0.15, 0.2) is 0 Å². The number of rotatable bonds is 1. The first kappa shape index (κ1) is 11.5. The van der Waals surface area contributed by atoms with Gasteiger partial charge in [-0.1, -0.05) is 18.2 Å². The summed E-state index contributed by atoms with van der Waals surface area (Å²) in [5.41, 5.74) is 5.20. The van der Waals surface area contributed by atoms with Crippen molar-refractivity contribution in [2.45, 2.75) is 0 Å². The van der Waals surface area contributed by atoms with Crippen LogP contribution in [0.3, 0.4) is 0 Å². The van der Waals surface area contributed by atoms with E-state index in [-0.39, 0.29) is 0 Å². The zero-order chi connectivity index (χ0) is 12.8. The molecule has 0 aliphatic rings. The monoisotopic (exact) mass is 375 g/mol. The summed E-state index contributed by atoms with van der Waals surface area (Å²) in [7, 11) is 0. The molecule has 19 heavy (non-hydrogen) atoms. The van der Waals surface area contributed by atoms with Gasteiger partial charge in [-0.25, -0.2) is 0 Å². The lowest BCUT2D eigenvalue weighted by molar-refractivity contribution is 1.27. The Balaban J connectivity index is 2.28. The molecule has 4 aromatic rings. The van der Waals surface area contributed by atoms with Crippen molar-refractivity contribution < 1.29 is 0 Å². The predicted octanol–water partition coefficient (Wildman–Crippen LogP) is 5.43. The van der Waals surface area contributed by atoms with Crippen LogP contribution in [0.5, 0.6) is 0 Å². The Bertz CT molecular complexity index is 874. The van der Waals surface area contributed by atoms with Crippen LogP contribution in [-0.2, 0) is 0 Å². The molecule has 1 aromatic carbocycles. The van der Waals surface area contributed by atoms with E-state index in [1.54, 1.807) is 11.3 Å². The Morgan fingerprint density at radius 1 is 0.947 bits per heavy atom. The molecular weight excluding hydrogens is 365 g/mol. The summed E-state index contributed by atoms with van der Waals surface area (Å²) in [6, 6.07) is 15.1. The van der Waals surface area contributed by atoms with Gasteiger partial charge in [0.25, 0.3) is 0 Å². The molecule has 0 unspecified atom stereocenters. The summed E-state index contributed by atoms with van der Waals surface area (Å²) in [5, 5.41) is 5.67. The Hall–Kier alpha value is -1.33. The molecule has 0 amide bonds. The molecule has 3 heteroatoms. The Morgan fingerprint density at radius 3 is 2.63 bits per heavy atom. The normalized spacial score (nSPS) is 11.4. The minimum absolute atomic E-state index is 1.27. The molecule has 4 rings (SSSR count). The lowest BCUT2D eigenvalue weighted by Crippen LogP contribution is -1.93. The molecule has 0 saturated carbocycles. The second-order valence-electron chi connectivity index (χ2n) is 4.48. The maximum absolute atomic E-state index is 2.48. The smallest absolute Gasteiger partial charge is 0.0545 e. The number of hydrogen-bond acceptors (Lipinski definition) is 1. The molecule has 3 aromatic heterocycles. The molecule has 0 atom stereocenters. The SMILES string of the molecule is Ic1c(-c2ccsc2)c2cccn2c2ccccc12. The van der Waals surface area contributed by atoms with E-state index < -0.39 is 0 Å². The quantitative estimate of drug-likeness (QED) is 0.391. The van der Waals surface area contributed by atoms with Crippen molar-refractivity contribution in [3.8, 4) is 11.1 Å². The lowest BCUT2D eigenvalue weighted by Gasteiger charge is -2.11. The van der Waals surface area contributed by atoms with Gasteiger partial charge in [-0.15, -0.1) is 0 Å². The Kier molecular flexibility index (Phi) is 2.63. The number of halogens is 1. The summed E-state index contributed by atoms with van der Waals surface area (Å²) in [6.45, 7) is 0. The molecular formula is C16H10INS. The number of benzene rings is 1. The van der Waals surface area contributed by atoms with Crippen LogP contribution in [0.2, 0.25) is 0 Å². The van der Waals surface area contributed by atoms with Crippen molar-refractivity contribution in [3.63, 3.8) is 0 Å². The lowest BCUT2D eigenvalue weighted by atomic mass is 10.1. The summed E-state index contributed by atoms with van der Waals surface area (Å²) < 4.78 is 3.61. The highest BCUT2D eigenvalue weighted by Gasteiger charge is 2.13. The van der Waals surface area contributed by atoms with E-state index in [1.165, 1.54) is 31.1 Å². The van der Waals surface area contributed by atoms with Crippen LogP contribution in [0.1, 0.15) is 0 Å². The molecule has 1 nitrogen and oxygen atoms in total. The number of hydrogen-bond donors (Lipinski definition) is 0. The summed E-state index contributed by atoms with van der Waals surface area (Å²) in [5.74, 6) is 0. The van der Waals surface area contributed by atoms with Crippen LogP contribution in [0.25, 0.3) is 27.5 Å². The van der Waals surface area contributed by atoms with Crippen molar-refractivity contribution in [1.82, 2.24) is 4.40 Å². The molecule has 0 bridgehead atoms. The summed E-state index contributed by atoms with van der Waals surface area (Å²) in [6.07, 6.45) is 2.14. The first-order chi connectivity index (χ1) is 9.36. The molecule has 0 aliphatic carbocycles. The first-order valence-electron chi connectivity index (χ1n) is 6.06. The highest BCUT2D eigenvalue weighted by Crippen LogP contribution is 2.36. The first-order valence-corrected chi connectivity index (χ1v) is 8.08. The van der Waals surface area contributed by atoms with E-state index in [2.05, 4.69) is 86.4 Å². The number of nitrogens with zero attached hydrogens (tertiary/aromatic N) is 1. The Labute approximate surface area is 128 Å². The molecule has 0 spiro atoms. The standard InChI is InChI=1S/C16H10INS/c17-16-12-4-1-2-5-13(12)18-8-3-6-14(18)15(16)11-7-9-19-10-11/h1-10H. The van der Waals surface area contributed by atoms with E-state index in [1.807, 2.05) is 0 Å². The molecule has 3 heterocycles. The van der Waals surface area contributed by atoms with Gasteiger partial charge in [0, 0.05) is 20.7 Å². The third-order valence-corrected chi connectivity index (χ3v) is 5.24. The van der Waals surface area contributed by atoms with Crippen LogP contribution in [-0.4, -0.2) is 4.40 Å². The van der Waals surface area contributed by atoms with Gasteiger partial charge in [-0.3, -0.25) is 0 Å². The maximum Gasteiger partial charge on any atom is 0.0545 e. The minimum atomic E-state index is 1.27. The van der Waals surface area contributed by atoms with Gasteiger partial charge in [0.2, 0.25) is 0 Å². The Morgan fingerprint density at radius 2 is 1.79 bits per heavy atom. The van der Waals surface area contributed by atoms with Crippen molar-refractivity contribution >= 4 is 50.3 Å². The number of thiophene rings is 1. The zero-order valence-corrected chi connectivity index (χ0v) is 13.0. The third kappa shape index (κ3) is 1.65. The maximum atomic E-state index is 2.48. The fourth-order valence-corrected chi connectivity index (χ4v) is 4.28. The van der Waals surface area contributed by atoms with Crippen LogP contribution in [0, 0.1) is 3.57 Å². The summed E-state index contributed by atoms with van der Waals surface area (Å²) in [4.78, 5) is 0. The van der Waals surface area contributed by atoms with Crippen LogP contribution in [0.15, 0.2) is 59.4 Å². The molecule has 92 valence electrons. The fraction of sp³-hybridized carbons (Fsp3) is 0. The second-order valence-corrected chi connectivity index (χ2v) is 6.34. The van der Waals surface area contributed by atoms with Crippen LogP contribution < -0.4 is 0 Å². The van der Waals surface area contributed by atoms with Crippen molar-refractivity contribution in [2.24, 2.45) is 0 Å². The van der Waals surface area contributed by atoms with E-state index in [4.69, 9.17) is 0 Å². The topological polar surface area (TPSA) is 4.41 Å².